The first-order valence-electron chi connectivity index (χ1n) is 5.56. The first kappa shape index (κ1) is 15.1. The summed E-state index contributed by atoms with van der Waals surface area (Å²) in [6.07, 6.45) is 0. The number of carbonyl (C=O) groups is 1. The van der Waals surface area contributed by atoms with Crippen LogP contribution in [0.5, 0.6) is 0 Å². The van der Waals surface area contributed by atoms with Crippen LogP contribution in [-0.2, 0) is 0 Å². The number of anilines is 1. The Morgan fingerprint density at radius 3 is 2.30 bits per heavy atom. The van der Waals surface area contributed by atoms with Gasteiger partial charge in [0.2, 0.25) is 0 Å². The number of benzene rings is 2. The highest BCUT2D eigenvalue weighted by molar-refractivity contribution is 9.11. The summed E-state index contributed by atoms with van der Waals surface area (Å²) in [4.78, 5) is 12.3. The van der Waals surface area contributed by atoms with Crippen LogP contribution in [0.25, 0.3) is 0 Å². The Labute approximate surface area is 131 Å². The normalized spacial score (nSPS) is 10.7. The van der Waals surface area contributed by atoms with Crippen molar-refractivity contribution in [2.75, 3.05) is 5.73 Å². The molecule has 2 N–H and O–H groups in total. The zero-order valence-electron chi connectivity index (χ0n) is 10.3. The van der Waals surface area contributed by atoms with E-state index in [0.717, 1.165) is 16.1 Å². The first-order valence-corrected chi connectivity index (χ1v) is 7.14. The number of hydrogen-bond acceptors (Lipinski definition) is 2. The Bertz CT molecular complexity index is 657. The first-order chi connectivity index (χ1) is 9.31. The van der Waals surface area contributed by atoms with Crippen molar-refractivity contribution in [2.45, 2.75) is 6.92 Å². The van der Waals surface area contributed by atoms with Gasteiger partial charge in [0.25, 0.3) is 0 Å². The second-order valence-corrected chi connectivity index (χ2v) is 5.97. The SMILES string of the molecule is Cc1cc(Br)c(C(=O)c2cc(N)c(F)cc2F)cc1Br. The van der Waals surface area contributed by atoms with Crippen molar-refractivity contribution >= 4 is 43.3 Å². The molecule has 0 radical (unpaired) electrons. The molecule has 0 atom stereocenters. The van der Waals surface area contributed by atoms with Crippen molar-refractivity contribution in [1.82, 2.24) is 0 Å². The van der Waals surface area contributed by atoms with Crippen LogP contribution in [-0.4, -0.2) is 5.78 Å². The van der Waals surface area contributed by atoms with E-state index < -0.39 is 17.4 Å². The molecule has 0 aliphatic carbocycles. The number of ketones is 1. The molecule has 2 aromatic carbocycles. The van der Waals surface area contributed by atoms with Crippen LogP contribution in [0, 0.1) is 18.6 Å². The maximum absolute atomic E-state index is 13.7. The second kappa shape index (κ2) is 5.61. The van der Waals surface area contributed by atoms with E-state index in [1.807, 2.05) is 6.92 Å². The summed E-state index contributed by atoms with van der Waals surface area (Å²) in [6.45, 7) is 1.86. The summed E-state index contributed by atoms with van der Waals surface area (Å²) in [5.41, 5.74) is 6.05. The molecule has 0 unspecified atom stereocenters. The van der Waals surface area contributed by atoms with Gasteiger partial charge in [0.05, 0.1) is 11.3 Å². The maximum atomic E-state index is 13.7. The number of carbonyl (C=O) groups excluding carboxylic acids is 1. The quantitative estimate of drug-likeness (QED) is 0.586. The van der Waals surface area contributed by atoms with Crippen molar-refractivity contribution in [1.29, 1.82) is 0 Å². The van der Waals surface area contributed by atoms with Gasteiger partial charge in [0.15, 0.2) is 5.78 Å². The monoisotopic (exact) mass is 403 g/mol. The smallest absolute Gasteiger partial charge is 0.197 e. The van der Waals surface area contributed by atoms with E-state index in [1.54, 1.807) is 12.1 Å². The molecule has 20 heavy (non-hydrogen) atoms. The molecule has 0 amide bonds. The van der Waals surface area contributed by atoms with Gasteiger partial charge >= 0.3 is 0 Å². The number of aryl methyl sites for hydroxylation is 1. The minimum absolute atomic E-state index is 0.264. The Morgan fingerprint density at radius 1 is 1.00 bits per heavy atom. The minimum Gasteiger partial charge on any atom is -0.396 e. The molecule has 0 aliphatic heterocycles. The van der Waals surface area contributed by atoms with Crippen molar-refractivity contribution in [3.05, 3.63) is 61.5 Å². The van der Waals surface area contributed by atoms with Crippen molar-refractivity contribution in [2.24, 2.45) is 0 Å². The lowest BCUT2D eigenvalue weighted by Crippen LogP contribution is -2.08. The van der Waals surface area contributed by atoms with Gasteiger partial charge in [-0.3, -0.25) is 4.79 Å². The number of nitrogens with two attached hydrogens (primary N) is 1. The largest absolute Gasteiger partial charge is 0.396 e. The molecule has 6 heteroatoms. The predicted molar refractivity (Wildman–Crippen MR) is 80.8 cm³/mol. The lowest BCUT2D eigenvalue weighted by molar-refractivity contribution is 0.103. The Hall–Kier alpha value is -1.27. The van der Waals surface area contributed by atoms with E-state index in [4.69, 9.17) is 5.73 Å². The lowest BCUT2D eigenvalue weighted by Gasteiger charge is -2.09. The van der Waals surface area contributed by atoms with E-state index in [-0.39, 0.29) is 16.8 Å². The molecule has 2 rings (SSSR count). The van der Waals surface area contributed by atoms with Gasteiger partial charge in [-0.2, -0.15) is 0 Å². The molecular weight excluding hydrogens is 396 g/mol. The maximum Gasteiger partial charge on any atom is 0.197 e. The molecule has 0 saturated carbocycles. The molecule has 2 nitrogen and oxygen atoms in total. The third-order valence-electron chi connectivity index (χ3n) is 2.82. The number of hydrogen-bond donors (Lipinski definition) is 1. The van der Waals surface area contributed by atoms with Crippen molar-refractivity contribution in [3.63, 3.8) is 0 Å². The third-order valence-corrected chi connectivity index (χ3v) is 4.33. The second-order valence-electron chi connectivity index (χ2n) is 4.26. The lowest BCUT2D eigenvalue weighted by atomic mass is 10.0. The van der Waals surface area contributed by atoms with Crippen LogP contribution in [0.2, 0.25) is 0 Å². The number of rotatable bonds is 2. The van der Waals surface area contributed by atoms with E-state index in [0.29, 0.717) is 10.5 Å². The fourth-order valence-corrected chi connectivity index (χ4v) is 2.69. The van der Waals surface area contributed by atoms with E-state index >= 15 is 0 Å². The molecule has 0 saturated heterocycles. The Balaban J connectivity index is 2.57. The summed E-state index contributed by atoms with van der Waals surface area (Å²) in [5.74, 6) is -2.39. The number of halogens is 4. The molecule has 2 aromatic rings. The summed E-state index contributed by atoms with van der Waals surface area (Å²) in [5, 5.41) is 0. The average molecular weight is 405 g/mol. The van der Waals surface area contributed by atoms with E-state index in [1.165, 1.54) is 0 Å². The summed E-state index contributed by atoms with van der Waals surface area (Å²) >= 11 is 6.58. The average Bonchev–Trinajstić information content (AvgIpc) is 2.37. The van der Waals surface area contributed by atoms with Crippen LogP contribution in [0.15, 0.2) is 33.2 Å². The van der Waals surface area contributed by atoms with Gasteiger partial charge in [-0.05, 0) is 30.7 Å². The highest BCUT2D eigenvalue weighted by Gasteiger charge is 2.19. The molecule has 104 valence electrons. The predicted octanol–water partition coefficient (Wildman–Crippen LogP) is 4.61. The van der Waals surface area contributed by atoms with Crippen LogP contribution in [0.4, 0.5) is 14.5 Å². The zero-order chi connectivity index (χ0) is 15.0. The zero-order valence-corrected chi connectivity index (χ0v) is 13.5. The van der Waals surface area contributed by atoms with Crippen LogP contribution in [0.1, 0.15) is 21.5 Å². The van der Waals surface area contributed by atoms with Gasteiger partial charge in [0, 0.05) is 20.6 Å². The van der Waals surface area contributed by atoms with Gasteiger partial charge < -0.3 is 5.73 Å². The molecule has 0 heterocycles. The minimum atomic E-state index is -0.940. The topological polar surface area (TPSA) is 43.1 Å². The van der Waals surface area contributed by atoms with Crippen LogP contribution >= 0.6 is 31.9 Å². The van der Waals surface area contributed by atoms with Gasteiger partial charge in [-0.25, -0.2) is 8.78 Å². The molecule has 0 bridgehead atoms. The fourth-order valence-electron chi connectivity index (χ4n) is 1.71. The van der Waals surface area contributed by atoms with Crippen LogP contribution < -0.4 is 5.73 Å². The number of nitrogen functional groups attached to an aromatic ring is 1. The standard InChI is InChI=1S/C14H9Br2F2NO/c1-6-2-10(16)7(3-9(6)15)14(20)8-4-13(19)12(18)5-11(8)17/h2-5H,19H2,1H3. The summed E-state index contributed by atoms with van der Waals surface area (Å²) in [7, 11) is 0. The van der Waals surface area contributed by atoms with Gasteiger partial charge in [-0.1, -0.05) is 31.9 Å². The van der Waals surface area contributed by atoms with Gasteiger partial charge in [0.1, 0.15) is 11.6 Å². The molecule has 0 spiro atoms. The molecular formula is C14H9Br2F2NO. The highest BCUT2D eigenvalue weighted by Crippen LogP contribution is 2.29. The molecule has 0 fully saturated rings. The van der Waals surface area contributed by atoms with Gasteiger partial charge in [-0.15, -0.1) is 0 Å². The highest BCUT2D eigenvalue weighted by atomic mass is 79.9. The van der Waals surface area contributed by atoms with Crippen molar-refractivity contribution < 1.29 is 13.6 Å². The Morgan fingerprint density at radius 2 is 1.65 bits per heavy atom. The molecule has 0 aromatic heterocycles. The van der Waals surface area contributed by atoms with Crippen molar-refractivity contribution in [3.8, 4) is 0 Å². The summed E-state index contributed by atoms with van der Waals surface area (Å²) in [6, 6.07) is 4.94. The van der Waals surface area contributed by atoms with Crippen LogP contribution in [0.3, 0.4) is 0 Å². The summed E-state index contributed by atoms with van der Waals surface area (Å²) < 4.78 is 28.1. The molecule has 0 aliphatic rings. The third kappa shape index (κ3) is 2.76. The van der Waals surface area contributed by atoms with E-state index in [9.17, 15) is 13.6 Å². The van der Waals surface area contributed by atoms with E-state index in [2.05, 4.69) is 31.9 Å². The fraction of sp³-hybridized carbons (Fsp3) is 0.0714. The Kier molecular flexibility index (Phi) is 4.25.